The number of halogens is 1. The number of aromatic nitrogens is 2. The monoisotopic (exact) mass is 590 g/mol. The third-order valence-corrected chi connectivity index (χ3v) is 8.78. The largest absolute Gasteiger partial charge is 0.350 e. The van der Waals surface area contributed by atoms with E-state index >= 15 is 0 Å². The summed E-state index contributed by atoms with van der Waals surface area (Å²) in [6, 6.07) is 32.2. The van der Waals surface area contributed by atoms with E-state index in [9.17, 15) is 14.0 Å². The predicted octanol–water partition coefficient (Wildman–Crippen LogP) is 6.78. The van der Waals surface area contributed by atoms with Crippen molar-refractivity contribution in [3.63, 3.8) is 0 Å². The number of rotatable bonds is 7. The number of fused-ring (bicyclic) bond motifs is 1. The van der Waals surface area contributed by atoms with Crippen molar-refractivity contribution in [1.29, 1.82) is 0 Å². The zero-order chi connectivity index (χ0) is 29.9. The molecular weight excluding hydrogens is 559 g/mol. The lowest BCUT2D eigenvalue weighted by molar-refractivity contribution is -0.123. The minimum atomic E-state index is -0.336. The summed E-state index contributed by atoms with van der Waals surface area (Å²) in [6.07, 6.45) is 0. The second kappa shape index (κ2) is 12.3. The number of anilines is 1. The van der Waals surface area contributed by atoms with Gasteiger partial charge in [0.25, 0.3) is 0 Å². The molecule has 6 rings (SSSR count). The molecule has 2 heterocycles. The van der Waals surface area contributed by atoms with Gasteiger partial charge in [-0.05, 0) is 48.7 Å². The first-order valence-corrected chi connectivity index (χ1v) is 15.2. The Morgan fingerprint density at radius 2 is 1.70 bits per heavy atom. The standard InChI is InChI=1S/C35H31FN4O2S/c1-23-9-8-13-27(19-23)34-32-33(26-11-4-3-5-12-26)38-40(29-14-7-6-10-24(29)2)35(32)39(31(42)22-43-34)21-30(41)37-20-25-15-17-28(36)18-16-25/h3-19,34H,20-22H2,1-2H3,(H,37,41). The normalized spacial score (nSPS) is 14.7. The van der Waals surface area contributed by atoms with Gasteiger partial charge in [0, 0.05) is 17.7 Å². The molecule has 0 radical (unpaired) electrons. The van der Waals surface area contributed by atoms with Gasteiger partial charge in [-0.2, -0.15) is 5.10 Å². The summed E-state index contributed by atoms with van der Waals surface area (Å²) in [7, 11) is 0. The van der Waals surface area contributed by atoms with Gasteiger partial charge in [0.15, 0.2) is 0 Å². The van der Waals surface area contributed by atoms with Crippen LogP contribution in [0.25, 0.3) is 16.9 Å². The average molecular weight is 591 g/mol. The first-order chi connectivity index (χ1) is 20.9. The number of nitrogens with one attached hydrogen (secondary N) is 1. The molecule has 0 bridgehead atoms. The summed E-state index contributed by atoms with van der Waals surface area (Å²) in [5.74, 6) is -0.0432. The lowest BCUT2D eigenvalue weighted by atomic mass is 9.98. The molecule has 0 saturated heterocycles. The Balaban J connectivity index is 1.51. The molecule has 0 saturated carbocycles. The molecule has 1 aliphatic heterocycles. The average Bonchev–Trinajstić information content (AvgIpc) is 3.33. The number of carbonyl (C=O) groups is 2. The van der Waals surface area contributed by atoms with Crippen molar-refractivity contribution in [1.82, 2.24) is 15.1 Å². The van der Waals surface area contributed by atoms with Gasteiger partial charge in [0.2, 0.25) is 11.8 Å². The van der Waals surface area contributed by atoms with Crippen molar-refractivity contribution in [3.8, 4) is 16.9 Å². The van der Waals surface area contributed by atoms with Crippen LogP contribution < -0.4 is 10.2 Å². The fraction of sp³-hybridized carbons (Fsp3) is 0.171. The number of hydrogen-bond donors (Lipinski definition) is 1. The minimum Gasteiger partial charge on any atom is -0.350 e. The second-order valence-corrected chi connectivity index (χ2v) is 11.7. The molecule has 2 amide bonds. The molecule has 0 aliphatic carbocycles. The number of benzene rings is 4. The Morgan fingerprint density at radius 3 is 2.44 bits per heavy atom. The molecule has 1 atom stereocenters. The maximum absolute atomic E-state index is 13.9. The second-order valence-electron chi connectivity index (χ2n) is 10.6. The van der Waals surface area contributed by atoms with Crippen LogP contribution in [0.4, 0.5) is 10.2 Å². The molecule has 1 aliphatic rings. The van der Waals surface area contributed by atoms with E-state index in [4.69, 9.17) is 5.10 Å². The summed E-state index contributed by atoms with van der Waals surface area (Å²) < 4.78 is 15.2. The Morgan fingerprint density at radius 1 is 0.953 bits per heavy atom. The van der Waals surface area contributed by atoms with Crippen LogP contribution in [0.5, 0.6) is 0 Å². The molecule has 216 valence electrons. The molecule has 1 N–H and O–H groups in total. The van der Waals surface area contributed by atoms with E-state index < -0.39 is 0 Å². The SMILES string of the molecule is Cc1cccc(C2SCC(=O)N(CC(=O)NCc3ccc(F)cc3)c3c2c(-c2ccccc2)nn3-c2ccccc2C)c1. The van der Waals surface area contributed by atoms with Gasteiger partial charge >= 0.3 is 0 Å². The Labute approximate surface area is 254 Å². The molecule has 1 unspecified atom stereocenters. The van der Waals surface area contributed by atoms with Crippen molar-refractivity contribution in [2.45, 2.75) is 25.6 Å². The third kappa shape index (κ3) is 5.96. The maximum Gasteiger partial charge on any atom is 0.240 e. The highest BCUT2D eigenvalue weighted by Crippen LogP contribution is 2.48. The molecule has 8 heteroatoms. The third-order valence-electron chi connectivity index (χ3n) is 7.53. The maximum atomic E-state index is 13.9. The molecular formula is C35H31FN4O2S. The van der Waals surface area contributed by atoms with Crippen molar-refractivity contribution < 1.29 is 14.0 Å². The van der Waals surface area contributed by atoms with Gasteiger partial charge in [0.05, 0.1) is 22.4 Å². The van der Waals surface area contributed by atoms with Crippen molar-refractivity contribution >= 4 is 29.4 Å². The highest BCUT2D eigenvalue weighted by molar-refractivity contribution is 8.00. The van der Waals surface area contributed by atoms with Crippen LogP contribution in [-0.4, -0.2) is 33.9 Å². The number of amides is 2. The van der Waals surface area contributed by atoms with Gasteiger partial charge in [-0.3, -0.25) is 14.5 Å². The predicted molar refractivity (Wildman–Crippen MR) is 170 cm³/mol. The number of para-hydroxylation sites is 1. The van der Waals surface area contributed by atoms with E-state index in [0.29, 0.717) is 5.82 Å². The Kier molecular flexibility index (Phi) is 8.11. The fourth-order valence-corrected chi connectivity index (χ4v) is 6.58. The summed E-state index contributed by atoms with van der Waals surface area (Å²) in [4.78, 5) is 28.9. The number of hydrogen-bond acceptors (Lipinski definition) is 4. The molecule has 6 nitrogen and oxygen atoms in total. The van der Waals surface area contributed by atoms with Gasteiger partial charge in [-0.1, -0.05) is 90.5 Å². The van der Waals surface area contributed by atoms with E-state index in [1.807, 2.05) is 72.3 Å². The molecule has 0 spiro atoms. The van der Waals surface area contributed by atoms with Crippen molar-refractivity contribution in [2.24, 2.45) is 0 Å². The first kappa shape index (κ1) is 28.4. The van der Waals surface area contributed by atoms with Gasteiger partial charge in [0.1, 0.15) is 18.2 Å². The molecule has 43 heavy (non-hydrogen) atoms. The van der Waals surface area contributed by atoms with Crippen LogP contribution in [0.3, 0.4) is 0 Å². The lowest BCUT2D eigenvalue weighted by Gasteiger charge is -2.24. The zero-order valence-electron chi connectivity index (χ0n) is 24.0. The quantitative estimate of drug-likeness (QED) is 0.227. The van der Waals surface area contributed by atoms with Crippen LogP contribution in [0.2, 0.25) is 0 Å². The van der Waals surface area contributed by atoms with Crippen LogP contribution in [0, 0.1) is 19.7 Å². The summed E-state index contributed by atoms with van der Waals surface area (Å²) in [6.45, 7) is 4.11. The lowest BCUT2D eigenvalue weighted by Crippen LogP contribution is -2.42. The number of nitrogens with zero attached hydrogens (tertiary/aromatic N) is 3. The summed E-state index contributed by atoms with van der Waals surface area (Å²) in [5, 5.41) is 7.88. The van der Waals surface area contributed by atoms with E-state index in [2.05, 4.69) is 30.4 Å². The summed E-state index contributed by atoms with van der Waals surface area (Å²) >= 11 is 1.55. The van der Waals surface area contributed by atoms with Crippen LogP contribution in [0.15, 0.2) is 103 Å². The van der Waals surface area contributed by atoms with E-state index in [0.717, 1.165) is 44.8 Å². The fourth-order valence-electron chi connectivity index (χ4n) is 5.40. The number of thioether (sulfide) groups is 1. The van der Waals surface area contributed by atoms with Crippen molar-refractivity contribution in [3.05, 3.63) is 137 Å². The first-order valence-electron chi connectivity index (χ1n) is 14.1. The Hall–Kier alpha value is -4.69. The molecule has 4 aromatic carbocycles. The van der Waals surface area contributed by atoms with Gasteiger partial charge in [-0.15, -0.1) is 11.8 Å². The van der Waals surface area contributed by atoms with E-state index in [1.54, 1.807) is 28.8 Å². The zero-order valence-corrected chi connectivity index (χ0v) is 24.8. The van der Waals surface area contributed by atoms with Crippen LogP contribution in [0.1, 0.15) is 33.1 Å². The van der Waals surface area contributed by atoms with Gasteiger partial charge in [-0.25, -0.2) is 9.07 Å². The highest BCUT2D eigenvalue weighted by atomic mass is 32.2. The topological polar surface area (TPSA) is 67.2 Å². The smallest absolute Gasteiger partial charge is 0.240 e. The molecule has 5 aromatic rings. The Bertz CT molecular complexity index is 1790. The van der Waals surface area contributed by atoms with Crippen LogP contribution in [-0.2, 0) is 16.1 Å². The number of carbonyl (C=O) groups excluding carboxylic acids is 2. The molecule has 1 aromatic heterocycles. The van der Waals surface area contributed by atoms with Crippen molar-refractivity contribution in [2.75, 3.05) is 17.2 Å². The summed E-state index contributed by atoms with van der Waals surface area (Å²) in [5.41, 5.74) is 7.38. The van der Waals surface area contributed by atoms with Gasteiger partial charge < -0.3 is 5.32 Å². The van der Waals surface area contributed by atoms with E-state index in [1.165, 1.54) is 12.1 Å². The number of aryl methyl sites for hydroxylation is 2. The van der Waals surface area contributed by atoms with E-state index in [-0.39, 0.29) is 41.7 Å². The molecule has 0 fully saturated rings. The minimum absolute atomic E-state index is 0.173. The highest BCUT2D eigenvalue weighted by Gasteiger charge is 2.37. The van der Waals surface area contributed by atoms with Crippen LogP contribution >= 0.6 is 11.8 Å².